The van der Waals surface area contributed by atoms with Crippen molar-refractivity contribution >= 4 is 50.4 Å². The summed E-state index contributed by atoms with van der Waals surface area (Å²) in [6, 6.07) is 17.1. The van der Waals surface area contributed by atoms with Gasteiger partial charge in [-0.05, 0) is 102 Å². The van der Waals surface area contributed by atoms with E-state index in [-0.39, 0.29) is 12.1 Å². The summed E-state index contributed by atoms with van der Waals surface area (Å²) in [6.45, 7) is 9.67. The third kappa shape index (κ3) is 6.67. The first-order chi connectivity index (χ1) is 24.8. The van der Waals surface area contributed by atoms with E-state index in [0.717, 1.165) is 15.1 Å². The van der Waals surface area contributed by atoms with Crippen LogP contribution in [0.4, 0.5) is 15.0 Å². The van der Waals surface area contributed by atoms with E-state index in [1.54, 1.807) is 62.5 Å². The normalized spacial score (nSPS) is 15.1. The number of anilines is 1. The van der Waals surface area contributed by atoms with Crippen LogP contribution in [0.1, 0.15) is 63.5 Å². The summed E-state index contributed by atoms with van der Waals surface area (Å²) < 4.78 is 24.1. The van der Waals surface area contributed by atoms with Gasteiger partial charge in [0.2, 0.25) is 0 Å². The number of hydrogen-bond donors (Lipinski definition) is 0. The number of aromatic nitrogens is 6. The Morgan fingerprint density at radius 3 is 2.60 bits per heavy atom. The molecule has 0 spiro atoms. The molecule has 0 unspecified atom stereocenters. The number of pyridine rings is 3. The van der Waals surface area contributed by atoms with E-state index >= 15 is 4.39 Å². The average molecular weight is 718 g/mol. The molecule has 1 aliphatic heterocycles. The van der Waals surface area contributed by atoms with Crippen molar-refractivity contribution < 1.29 is 18.7 Å². The molecule has 0 bridgehead atoms. The van der Waals surface area contributed by atoms with Crippen molar-refractivity contribution in [1.82, 2.24) is 34.8 Å². The van der Waals surface area contributed by atoms with Gasteiger partial charge in [0, 0.05) is 52.7 Å². The van der Waals surface area contributed by atoms with Crippen LogP contribution in [0.5, 0.6) is 0 Å². The van der Waals surface area contributed by atoms with Crippen LogP contribution in [0, 0.1) is 17.1 Å². The van der Waals surface area contributed by atoms with Crippen molar-refractivity contribution in [3.05, 3.63) is 90.3 Å². The van der Waals surface area contributed by atoms with Gasteiger partial charge in [-0.2, -0.15) is 9.94 Å². The summed E-state index contributed by atoms with van der Waals surface area (Å²) in [5.74, 6) is -1.01. The molecule has 52 heavy (non-hydrogen) atoms. The number of halogens is 1. The molecule has 5 aromatic heterocycles. The van der Waals surface area contributed by atoms with Crippen LogP contribution >= 0.6 is 11.3 Å². The number of benzene rings is 1. The largest absolute Gasteiger partial charge is 0.444 e. The molecule has 0 aliphatic carbocycles. The molecule has 12 nitrogen and oxygen atoms in total. The van der Waals surface area contributed by atoms with Crippen LogP contribution in [-0.2, 0) is 10.2 Å². The Balaban J connectivity index is 1.31. The maximum atomic E-state index is 16.2. The van der Waals surface area contributed by atoms with Gasteiger partial charge in [-0.3, -0.25) is 14.7 Å². The summed E-state index contributed by atoms with van der Waals surface area (Å²) in [6.07, 6.45) is 5.58. The van der Waals surface area contributed by atoms with Gasteiger partial charge in [-0.1, -0.05) is 5.21 Å². The molecule has 0 saturated carbocycles. The second-order valence-corrected chi connectivity index (χ2v) is 15.3. The Morgan fingerprint density at radius 1 is 1.02 bits per heavy atom. The number of fused-ring (bicyclic) bond motifs is 2. The molecule has 264 valence electrons. The number of nitrogens with zero attached hydrogens (tertiary/aromatic N) is 9. The average Bonchev–Trinajstić information content (AvgIpc) is 3.77. The molecule has 7 rings (SSSR count). The van der Waals surface area contributed by atoms with E-state index in [4.69, 9.17) is 9.72 Å². The minimum absolute atomic E-state index is 0.165. The number of carbonyl (C=O) groups is 2. The van der Waals surface area contributed by atoms with Gasteiger partial charge >= 0.3 is 6.09 Å². The number of hydrogen-bond acceptors (Lipinski definition) is 10. The molecule has 6 aromatic rings. The number of piperidine rings is 1. The highest BCUT2D eigenvalue weighted by Gasteiger charge is 2.36. The highest BCUT2D eigenvalue weighted by atomic mass is 32.1. The first kappa shape index (κ1) is 34.6. The van der Waals surface area contributed by atoms with E-state index in [1.807, 2.05) is 38.1 Å². The monoisotopic (exact) mass is 717 g/mol. The molecule has 1 fully saturated rings. The smallest absolute Gasteiger partial charge is 0.410 e. The van der Waals surface area contributed by atoms with E-state index in [9.17, 15) is 14.9 Å². The maximum Gasteiger partial charge on any atom is 0.410 e. The molecule has 6 heterocycles. The van der Waals surface area contributed by atoms with Crippen molar-refractivity contribution in [1.29, 1.82) is 5.26 Å². The summed E-state index contributed by atoms with van der Waals surface area (Å²) in [7, 11) is 0. The maximum absolute atomic E-state index is 16.2. The second-order valence-electron chi connectivity index (χ2n) is 14.2. The topological polar surface area (TPSA) is 143 Å². The fraction of sp³-hybridized carbons (Fsp3) is 0.316. The molecule has 1 atom stereocenters. The van der Waals surface area contributed by atoms with Gasteiger partial charge in [-0.15, -0.1) is 16.4 Å². The van der Waals surface area contributed by atoms with Crippen molar-refractivity contribution in [3.8, 4) is 22.2 Å². The zero-order valence-electron chi connectivity index (χ0n) is 29.4. The fourth-order valence-corrected chi connectivity index (χ4v) is 7.28. The molecule has 0 radical (unpaired) electrons. The predicted octanol–water partition coefficient (Wildman–Crippen LogP) is 7.47. The van der Waals surface area contributed by atoms with Gasteiger partial charge in [0.25, 0.3) is 5.91 Å². The van der Waals surface area contributed by atoms with Gasteiger partial charge < -0.3 is 9.64 Å². The van der Waals surface area contributed by atoms with Gasteiger partial charge in [0.15, 0.2) is 5.65 Å². The van der Waals surface area contributed by atoms with Gasteiger partial charge in [-0.25, -0.2) is 19.2 Å². The van der Waals surface area contributed by atoms with Gasteiger partial charge in [0.05, 0.1) is 34.5 Å². The third-order valence-electron chi connectivity index (χ3n) is 8.89. The zero-order valence-corrected chi connectivity index (χ0v) is 30.2. The number of carbonyl (C=O) groups excluding carboxylic acids is 2. The van der Waals surface area contributed by atoms with Crippen LogP contribution < -0.4 is 4.90 Å². The quantitative estimate of drug-likeness (QED) is 0.171. The van der Waals surface area contributed by atoms with E-state index in [2.05, 4.69) is 26.3 Å². The number of rotatable bonds is 6. The summed E-state index contributed by atoms with van der Waals surface area (Å²) >= 11 is 1.51. The van der Waals surface area contributed by atoms with Crippen LogP contribution in [-0.4, -0.2) is 71.6 Å². The predicted molar refractivity (Wildman–Crippen MR) is 196 cm³/mol. The molecule has 14 heteroatoms. The van der Waals surface area contributed by atoms with Crippen molar-refractivity contribution in [2.75, 3.05) is 18.0 Å². The highest BCUT2D eigenvalue weighted by Crippen LogP contribution is 2.40. The molecule has 1 aromatic carbocycles. The molecule has 1 saturated heterocycles. The molecule has 2 amide bonds. The van der Waals surface area contributed by atoms with Crippen LogP contribution in [0.3, 0.4) is 0 Å². The lowest BCUT2D eigenvalue weighted by Crippen LogP contribution is -2.53. The Bertz CT molecular complexity index is 2380. The highest BCUT2D eigenvalue weighted by molar-refractivity contribution is 7.22. The van der Waals surface area contributed by atoms with E-state index in [1.165, 1.54) is 33.1 Å². The first-order valence-electron chi connectivity index (χ1n) is 16.9. The van der Waals surface area contributed by atoms with Gasteiger partial charge in [0.1, 0.15) is 22.8 Å². The minimum atomic E-state index is -0.791. The summed E-state index contributed by atoms with van der Waals surface area (Å²) in [5.41, 5.74) is 1.20. The fourth-order valence-electron chi connectivity index (χ4n) is 6.24. The Labute approximate surface area is 303 Å². The first-order valence-corrected chi connectivity index (χ1v) is 17.7. The van der Waals surface area contributed by atoms with Crippen molar-refractivity contribution in [2.24, 2.45) is 0 Å². The number of amides is 2. The number of thiophene rings is 1. The third-order valence-corrected chi connectivity index (χ3v) is 10.0. The lowest BCUT2D eigenvalue weighted by Gasteiger charge is -2.39. The number of likely N-dealkylation sites (tertiary alicyclic amines) is 1. The Hall–Kier alpha value is -5.81. The summed E-state index contributed by atoms with van der Waals surface area (Å²) in [5, 5.41) is 18.7. The SMILES string of the molecule is CC(C)(C)OC(=O)N1CCC[C@@H](N(C(=O)c2ccc(-n3nnc4cccnc43)cc2F)c2nccc3sc(-c4ccnc(C(C)(C)C#N)c4)cc23)C1. The number of nitriles is 1. The Kier molecular flexibility index (Phi) is 8.92. The van der Waals surface area contributed by atoms with E-state index < -0.39 is 34.9 Å². The lowest BCUT2D eigenvalue weighted by atomic mass is 9.90. The van der Waals surface area contributed by atoms with E-state index in [0.29, 0.717) is 53.1 Å². The minimum Gasteiger partial charge on any atom is -0.444 e. The molecule has 0 N–H and O–H groups in total. The van der Waals surface area contributed by atoms with Crippen LogP contribution in [0.15, 0.2) is 73.2 Å². The standard InChI is InChI=1S/C38H36FN9O3S/c1-37(2,3)51-36(50)46-17-7-8-25(21-46)47(35(49)26-11-10-24(19-28(26)39)48-34-29(44-45-48)9-6-14-42-34)33-27-20-31(52-30(27)13-16-43-33)23-12-15-41-32(18-23)38(4,5)22-40/h6,9-16,18-20,25H,7-8,17,21H2,1-5H3/t25-/m1/s1. The second kappa shape index (κ2) is 13.4. The molecular formula is C38H36FN9O3S. The van der Waals surface area contributed by atoms with Crippen LogP contribution in [0.25, 0.3) is 37.4 Å². The summed E-state index contributed by atoms with van der Waals surface area (Å²) in [4.78, 5) is 45.4. The van der Waals surface area contributed by atoms with Crippen LogP contribution in [0.2, 0.25) is 0 Å². The number of ether oxygens (including phenoxy) is 1. The molecular weight excluding hydrogens is 682 g/mol. The van der Waals surface area contributed by atoms with Crippen molar-refractivity contribution in [3.63, 3.8) is 0 Å². The zero-order chi connectivity index (χ0) is 36.8. The van der Waals surface area contributed by atoms with Crippen molar-refractivity contribution in [2.45, 2.75) is 64.5 Å². The lowest BCUT2D eigenvalue weighted by molar-refractivity contribution is 0.0196. The Morgan fingerprint density at radius 2 is 1.83 bits per heavy atom. The molecule has 1 aliphatic rings.